The van der Waals surface area contributed by atoms with Crippen molar-refractivity contribution in [3.8, 4) is 0 Å². The first kappa shape index (κ1) is 13.4. The predicted octanol–water partition coefficient (Wildman–Crippen LogP) is 1.96. The van der Waals surface area contributed by atoms with Crippen LogP contribution in [0.1, 0.15) is 35.1 Å². The molecule has 17 heavy (non-hydrogen) atoms. The number of amides is 2. The van der Waals surface area contributed by atoms with Crippen LogP contribution in [0.25, 0.3) is 0 Å². The molecule has 0 atom stereocenters. The number of imide groups is 1. The second kappa shape index (κ2) is 5.59. The summed E-state index contributed by atoms with van der Waals surface area (Å²) in [5.41, 5.74) is 0.980. The van der Waals surface area contributed by atoms with Gasteiger partial charge in [0.05, 0.1) is 24.3 Å². The maximum absolute atomic E-state index is 11.9. The summed E-state index contributed by atoms with van der Waals surface area (Å²) in [6, 6.07) is 6.87. The number of carbonyl (C=O) groups is 2. The molecule has 1 aliphatic rings. The van der Waals surface area contributed by atoms with Gasteiger partial charge >= 0.3 is 0 Å². The van der Waals surface area contributed by atoms with Gasteiger partial charge in [-0.2, -0.15) is 0 Å². The van der Waals surface area contributed by atoms with Gasteiger partial charge in [0.15, 0.2) is 0 Å². The maximum Gasteiger partial charge on any atom is 0.261 e. The zero-order valence-corrected chi connectivity index (χ0v) is 9.10. The van der Waals surface area contributed by atoms with Crippen LogP contribution >= 0.6 is 0 Å². The van der Waals surface area contributed by atoms with E-state index >= 15 is 0 Å². The van der Waals surface area contributed by atoms with E-state index in [9.17, 15) is 9.59 Å². The Labute approximate surface area is 101 Å². The minimum atomic E-state index is -0.222. The van der Waals surface area contributed by atoms with Gasteiger partial charge in [-0.3, -0.25) is 14.5 Å². The molecule has 0 saturated carbocycles. The Kier molecular flexibility index (Phi) is 4.40. The van der Waals surface area contributed by atoms with Crippen LogP contribution in [0.2, 0.25) is 0 Å². The third kappa shape index (κ3) is 2.36. The lowest BCUT2D eigenvalue weighted by molar-refractivity contribution is 0.0574. The number of rotatable bonds is 4. The lowest BCUT2D eigenvalue weighted by Crippen LogP contribution is -2.33. The molecule has 0 bridgehead atoms. The molecule has 1 heterocycles. The summed E-state index contributed by atoms with van der Waals surface area (Å²) in [7, 11) is 0. The van der Waals surface area contributed by atoms with E-state index < -0.39 is 0 Å². The van der Waals surface area contributed by atoms with Crippen molar-refractivity contribution in [1.82, 2.24) is 4.90 Å². The Morgan fingerprint density at radius 1 is 1.12 bits per heavy atom. The van der Waals surface area contributed by atoms with E-state index in [2.05, 4.69) is 0 Å². The van der Waals surface area contributed by atoms with E-state index in [1.54, 1.807) is 24.3 Å². The molecular weight excluding hydrogens is 218 g/mol. The largest absolute Gasteiger partial charge is 0.380 e. The first-order valence-electron chi connectivity index (χ1n) is 5.28. The Morgan fingerprint density at radius 3 is 2.12 bits per heavy atom. The van der Waals surface area contributed by atoms with E-state index in [4.69, 9.17) is 4.74 Å². The molecule has 0 aromatic heterocycles. The van der Waals surface area contributed by atoms with Gasteiger partial charge in [-0.1, -0.05) is 19.6 Å². The SMILES string of the molecule is C.CCOCCN1C(=O)c2ccccc2C1=O. The van der Waals surface area contributed by atoms with Crippen LogP contribution in [0.3, 0.4) is 0 Å². The molecule has 0 saturated heterocycles. The lowest BCUT2D eigenvalue weighted by Gasteiger charge is -2.12. The van der Waals surface area contributed by atoms with Gasteiger partial charge in [-0.15, -0.1) is 0 Å². The molecule has 1 aromatic carbocycles. The number of nitrogens with zero attached hydrogens (tertiary/aromatic N) is 1. The number of carbonyl (C=O) groups excluding carboxylic acids is 2. The van der Waals surface area contributed by atoms with Crippen molar-refractivity contribution in [2.24, 2.45) is 0 Å². The minimum absolute atomic E-state index is 0. The molecule has 0 radical (unpaired) electrons. The molecule has 2 amide bonds. The van der Waals surface area contributed by atoms with Crippen molar-refractivity contribution >= 4 is 11.8 Å². The molecule has 4 heteroatoms. The maximum atomic E-state index is 11.9. The molecule has 0 aliphatic carbocycles. The first-order chi connectivity index (χ1) is 7.75. The van der Waals surface area contributed by atoms with Crippen molar-refractivity contribution in [3.05, 3.63) is 35.4 Å². The summed E-state index contributed by atoms with van der Waals surface area (Å²) in [6.45, 7) is 3.17. The van der Waals surface area contributed by atoms with Gasteiger partial charge < -0.3 is 4.74 Å². The predicted molar refractivity (Wildman–Crippen MR) is 65.0 cm³/mol. The standard InChI is InChI=1S/C12H13NO3.CH4/c1-2-16-8-7-13-11(14)9-5-3-4-6-10(9)12(13)15;/h3-6H,2,7-8H2,1H3;1H4. The van der Waals surface area contributed by atoms with E-state index in [-0.39, 0.29) is 19.2 Å². The van der Waals surface area contributed by atoms with Crippen molar-refractivity contribution in [1.29, 1.82) is 0 Å². The molecule has 0 spiro atoms. The third-order valence-electron chi connectivity index (χ3n) is 2.54. The Bertz CT molecular complexity index is 393. The van der Waals surface area contributed by atoms with Crippen LogP contribution in [0.15, 0.2) is 24.3 Å². The summed E-state index contributed by atoms with van der Waals surface area (Å²) >= 11 is 0. The van der Waals surface area contributed by atoms with E-state index in [1.807, 2.05) is 6.92 Å². The summed E-state index contributed by atoms with van der Waals surface area (Å²) in [6.07, 6.45) is 0. The minimum Gasteiger partial charge on any atom is -0.380 e. The number of fused-ring (bicyclic) bond motifs is 1. The topological polar surface area (TPSA) is 46.6 Å². The highest BCUT2D eigenvalue weighted by molar-refractivity contribution is 6.21. The van der Waals surface area contributed by atoms with Gasteiger partial charge in [0.25, 0.3) is 11.8 Å². The van der Waals surface area contributed by atoms with E-state index in [0.717, 1.165) is 0 Å². The summed E-state index contributed by atoms with van der Waals surface area (Å²) in [4.78, 5) is 24.9. The quantitative estimate of drug-likeness (QED) is 0.592. The molecule has 2 rings (SSSR count). The van der Waals surface area contributed by atoms with Crippen LogP contribution in [0.4, 0.5) is 0 Å². The van der Waals surface area contributed by atoms with E-state index in [0.29, 0.717) is 30.9 Å². The smallest absolute Gasteiger partial charge is 0.261 e. The van der Waals surface area contributed by atoms with Gasteiger partial charge in [0, 0.05) is 6.61 Å². The van der Waals surface area contributed by atoms with Crippen LogP contribution in [0, 0.1) is 0 Å². The third-order valence-corrected chi connectivity index (χ3v) is 2.54. The number of ether oxygens (including phenoxy) is 1. The molecule has 1 aromatic rings. The fourth-order valence-corrected chi connectivity index (χ4v) is 1.74. The Balaban J connectivity index is 0.00000144. The zero-order chi connectivity index (χ0) is 11.5. The summed E-state index contributed by atoms with van der Waals surface area (Å²) < 4.78 is 5.14. The van der Waals surface area contributed by atoms with Gasteiger partial charge in [-0.05, 0) is 19.1 Å². The fraction of sp³-hybridized carbons (Fsp3) is 0.385. The average Bonchev–Trinajstić information content (AvgIpc) is 2.55. The van der Waals surface area contributed by atoms with E-state index in [1.165, 1.54) is 4.90 Å². The van der Waals surface area contributed by atoms with Gasteiger partial charge in [-0.25, -0.2) is 0 Å². The molecule has 0 unspecified atom stereocenters. The Morgan fingerprint density at radius 2 is 1.65 bits per heavy atom. The van der Waals surface area contributed by atoms with Crippen LogP contribution in [-0.2, 0) is 4.74 Å². The second-order valence-corrected chi connectivity index (χ2v) is 3.50. The monoisotopic (exact) mass is 235 g/mol. The highest BCUT2D eigenvalue weighted by Gasteiger charge is 2.34. The molecule has 0 N–H and O–H groups in total. The van der Waals surface area contributed by atoms with Crippen molar-refractivity contribution < 1.29 is 14.3 Å². The molecule has 1 aliphatic heterocycles. The molecule has 92 valence electrons. The molecule has 4 nitrogen and oxygen atoms in total. The zero-order valence-electron chi connectivity index (χ0n) is 9.10. The van der Waals surface area contributed by atoms with Crippen molar-refractivity contribution in [2.75, 3.05) is 19.8 Å². The highest BCUT2D eigenvalue weighted by atomic mass is 16.5. The normalized spacial score (nSPS) is 13.6. The summed E-state index contributed by atoms with van der Waals surface area (Å²) in [5.74, 6) is -0.444. The van der Waals surface area contributed by atoms with Crippen LogP contribution < -0.4 is 0 Å². The van der Waals surface area contributed by atoms with Crippen LogP contribution in [-0.4, -0.2) is 36.5 Å². The average molecular weight is 235 g/mol. The first-order valence-corrected chi connectivity index (χ1v) is 5.28. The second-order valence-electron chi connectivity index (χ2n) is 3.50. The fourth-order valence-electron chi connectivity index (χ4n) is 1.74. The molecular formula is C13H17NO3. The van der Waals surface area contributed by atoms with Crippen molar-refractivity contribution in [2.45, 2.75) is 14.4 Å². The van der Waals surface area contributed by atoms with Crippen molar-refractivity contribution in [3.63, 3.8) is 0 Å². The van der Waals surface area contributed by atoms with Gasteiger partial charge in [0.1, 0.15) is 0 Å². The number of hydrogen-bond donors (Lipinski definition) is 0. The highest BCUT2D eigenvalue weighted by Crippen LogP contribution is 2.21. The molecule has 0 fully saturated rings. The van der Waals surface area contributed by atoms with Crippen LogP contribution in [0.5, 0.6) is 0 Å². The lowest BCUT2D eigenvalue weighted by atomic mass is 10.1. The summed E-state index contributed by atoms with van der Waals surface area (Å²) in [5, 5.41) is 0. The van der Waals surface area contributed by atoms with Gasteiger partial charge in [0.2, 0.25) is 0 Å². The number of hydrogen-bond acceptors (Lipinski definition) is 3. The Hall–Kier alpha value is -1.68. The number of benzene rings is 1.